The molecule has 1 N–H and O–H groups in total. The first kappa shape index (κ1) is 19.2. The fourth-order valence-corrected chi connectivity index (χ4v) is 2.64. The molecular formula is C23H21NO4. The normalized spacial score (nSPS) is 11.4. The molecule has 0 heterocycles. The van der Waals surface area contributed by atoms with Gasteiger partial charge in [0.05, 0.1) is 7.11 Å². The van der Waals surface area contributed by atoms with Crippen LogP contribution in [0.25, 0.3) is 0 Å². The Morgan fingerprint density at radius 2 is 1.50 bits per heavy atom. The molecule has 5 heteroatoms. The Hall–Kier alpha value is -3.60. The lowest BCUT2D eigenvalue weighted by Gasteiger charge is -2.15. The molecule has 0 aliphatic heterocycles. The number of carbonyl (C=O) groups excluding carboxylic acids is 2. The average molecular weight is 375 g/mol. The maximum Gasteiger partial charge on any atom is 0.265 e. The van der Waals surface area contributed by atoms with Crippen LogP contribution in [0.1, 0.15) is 22.8 Å². The second-order valence-corrected chi connectivity index (χ2v) is 6.20. The number of methoxy groups -OCH3 is 1. The summed E-state index contributed by atoms with van der Waals surface area (Å²) in [6.45, 7) is 1.67. The summed E-state index contributed by atoms with van der Waals surface area (Å²) in [5.74, 6) is 0.830. The van der Waals surface area contributed by atoms with Gasteiger partial charge in [-0.15, -0.1) is 0 Å². The highest BCUT2D eigenvalue weighted by atomic mass is 16.5. The van der Waals surface area contributed by atoms with Crippen LogP contribution >= 0.6 is 0 Å². The van der Waals surface area contributed by atoms with Crippen LogP contribution in [0.2, 0.25) is 0 Å². The van der Waals surface area contributed by atoms with Gasteiger partial charge in [-0.25, -0.2) is 0 Å². The number of hydrogen-bond donors (Lipinski definition) is 1. The molecule has 3 rings (SSSR count). The molecule has 142 valence electrons. The molecule has 3 aromatic rings. The predicted molar refractivity (Wildman–Crippen MR) is 108 cm³/mol. The Bertz CT molecular complexity index is 952. The minimum Gasteiger partial charge on any atom is -0.497 e. The first-order chi connectivity index (χ1) is 13.6. The lowest BCUT2D eigenvalue weighted by Crippen LogP contribution is -2.30. The maximum atomic E-state index is 12.4. The molecule has 0 bridgehead atoms. The molecule has 0 aliphatic carbocycles. The van der Waals surface area contributed by atoms with Gasteiger partial charge in [0.15, 0.2) is 11.9 Å². The Balaban J connectivity index is 1.61. The van der Waals surface area contributed by atoms with Crippen LogP contribution in [0.3, 0.4) is 0 Å². The molecule has 0 radical (unpaired) electrons. The summed E-state index contributed by atoms with van der Waals surface area (Å²) in [5, 5.41) is 2.79. The predicted octanol–water partition coefficient (Wildman–Crippen LogP) is 4.33. The number of nitrogens with one attached hydrogen (secondary N) is 1. The topological polar surface area (TPSA) is 64.6 Å². The van der Waals surface area contributed by atoms with Crippen molar-refractivity contribution in [1.82, 2.24) is 0 Å². The highest BCUT2D eigenvalue weighted by molar-refractivity contribution is 6.09. The Kier molecular flexibility index (Phi) is 6.07. The molecule has 0 saturated carbocycles. The van der Waals surface area contributed by atoms with Crippen LogP contribution < -0.4 is 14.8 Å². The first-order valence-corrected chi connectivity index (χ1v) is 8.88. The fourth-order valence-electron chi connectivity index (χ4n) is 2.64. The van der Waals surface area contributed by atoms with E-state index in [0.29, 0.717) is 28.3 Å². The van der Waals surface area contributed by atoms with Gasteiger partial charge in [-0.05, 0) is 43.3 Å². The Morgan fingerprint density at radius 1 is 0.821 bits per heavy atom. The van der Waals surface area contributed by atoms with Gasteiger partial charge in [0.25, 0.3) is 5.91 Å². The summed E-state index contributed by atoms with van der Waals surface area (Å²) in [6.07, 6.45) is -0.707. The van der Waals surface area contributed by atoms with Crippen LogP contribution in [-0.4, -0.2) is 24.9 Å². The molecule has 0 aliphatic rings. The van der Waals surface area contributed by atoms with Crippen molar-refractivity contribution in [3.8, 4) is 11.5 Å². The smallest absolute Gasteiger partial charge is 0.265 e. The van der Waals surface area contributed by atoms with Gasteiger partial charge >= 0.3 is 0 Å². The molecular weight excluding hydrogens is 354 g/mol. The van der Waals surface area contributed by atoms with E-state index in [-0.39, 0.29) is 11.7 Å². The molecule has 0 fully saturated rings. The summed E-state index contributed by atoms with van der Waals surface area (Å²) in [7, 11) is 1.57. The number of benzene rings is 3. The van der Waals surface area contributed by atoms with Crippen LogP contribution in [0.4, 0.5) is 5.69 Å². The van der Waals surface area contributed by atoms with Gasteiger partial charge in [0.1, 0.15) is 11.5 Å². The molecule has 1 atom stereocenters. The van der Waals surface area contributed by atoms with Gasteiger partial charge in [0.2, 0.25) is 0 Å². The van der Waals surface area contributed by atoms with Crippen molar-refractivity contribution >= 4 is 17.4 Å². The number of rotatable bonds is 7. The van der Waals surface area contributed by atoms with Gasteiger partial charge < -0.3 is 14.8 Å². The monoisotopic (exact) mass is 375 g/mol. The summed E-state index contributed by atoms with van der Waals surface area (Å²) >= 11 is 0. The second kappa shape index (κ2) is 8.86. The van der Waals surface area contributed by atoms with Gasteiger partial charge in [0, 0.05) is 22.9 Å². The summed E-state index contributed by atoms with van der Waals surface area (Å²) in [6, 6.07) is 22.9. The number of carbonyl (C=O) groups is 2. The quantitative estimate of drug-likeness (QED) is 0.624. The van der Waals surface area contributed by atoms with E-state index in [1.54, 1.807) is 74.7 Å². The van der Waals surface area contributed by atoms with E-state index in [4.69, 9.17) is 9.47 Å². The zero-order valence-electron chi connectivity index (χ0n) is 15.7. The van der Waals surface area contributed by atoms with E-state index in [0.717, 1.165) is 0 Å². The van der Waals surface area contributed by atoms with Crippen molar-refractivity contribution in [1.29, 1.82) is 0 Å². The van der Waals surface area contributed by atoms with E-state index < -0.39 is 6.10 Å². The standard InChI is InChI=1S/C23H21NO4/c1-16(23(26)24-19-9-6-10-21(15-19)27-2)28-20-13-11-18(12-14-20)22(25)17-7-4-3-5-8-17/h3-16H,1-2H3,(H,24,26). The van der Waals surface area contributed by atoms with Crippen LogP contribution in [-0.2, 0) is 4.79 Å². The summed E-state index contributed by atoms with van der Waals surface area (Å²) < 4.78 is 10.8. The first-order valence-electron chi connectivity index (χ1n) is 8.88. The van der Waals surface area contributed by atoms with Crippen molar-refractivity contribution in [3.05, 3.63) is 90.0 Å². The third-order valence-corrected chi connectivity index (χ3v) is 4.17. The SMILES string of the molecule is COc1cccc(NC(=O)C(C)Oc2ccc(C(=O)c3ccccc3)cc2)c1. The highest BCUT2D eigenvalue weighted by Crippen LogP contribution is 2.19. The van der Waals surface area contributed by atoms with E-state index >= 15 is 0 Å². The summed E-state index contributed by atoms with van der Waals surface area (Å²) in [4.78, 5) is 24.8. The van der Waals surface area contributed by atoms with Crippen LogP contribution in [0.15, 0.2) is 78.9 Å². The van der Waals surface area contributed by atoms with Gasteiger partial charge in [-0.3, -0.25) is 9.59 Å². The minimum absolute atomic E-state index is 0.0593. The molecule has 1 unspecified atom stereocenters. The zero-order valence-corrected chi connectivity index (χ0v) is 15.7. The van der Waals surface area contributed by atoms with E-state index in [1.165, 1.54) is 0 Å². The largest absolute Gasteiger partial charge is 0.497 e. The van der Waals surface area contributed by atoms with Crippen LogP contribution in [0, 0.1) is 0 Å². The Morgan fingerprint density at radius 3 is 2.18 bits per heavy atom. The van der Waals surface area contributed by atoms with Crippen molar-refractivity contribution in [2.24, 2.45) is 0 Å². The fraction of sp³-hybridized carbons (Fsp3) is 0.130. The van der Waals surface area contributed by atoms with Crippen molar-refractivity contribution in [2.45, 2.75) is 13.0 Å². The molecule has 0 aromatic heterocycles. The Labute approximate surface area is 163 Å². The van der Waals surface area contributed by atoms with E-state index in [1.807, 2.05) is 18.2 Å². The molecule has 28 heavy (non-hydrogen) atoms. The van der Waals surface area contributed by atoms with Crippen molar-refractivity contribution in [2.75, 3.05) is 12.4 Å². The molecule has 3 aromatic carbocycles. The second-order valence-electron chi connectivity index (χ2n) is 6.20. The molecule has 1 amide bonds. The minimum atomic E-state index is -0.707. The lowest BCUT2D eigenvalue weighted by molar-refractivity contribution is -0.122. The number of ketones is 1. The van der Waals surface area contributed by atoms with E-state index in [9.17, 15) is 9.59 Å². The summed E-state index contributed by atoms with van der Waals surface area (Å²) in [5.41, 5.74) is 1.82. The molecule has 0 spiro atoms. The molecule has 5 nitrogen and oxygen atoms in total. The van der Waals surface area contributed by atoms with E-state index in [2.05, 4.69) is 5.32 Å². The zero-order chi connectivity index (χ0) is 19.9. The third kappa shape index (κ3) is 4.76. The molecule has 0 saturated heterocycles. The lowest BCUT2D eigenvalue weighted by atomic mass is 10.0. The third-order valence-electron chi connectivity index (χ3n) is 4.17. The number of ether oxygens (including phenoxy) is 2. The number of amides is 1. The number of hydrogen-bond acceptors (Lipinski definition) is 4. The maximum absolute atomic E-state index is 12.4. The highest BCUT2D eigenvalue weighted by Gasteiger charge is 2.16. The van der Waals surface area contributed by atoms with Crippen molar-refractivity contribution < 1.29 is 19.1 Å². The average Bonchev–Trinajstić information content (AvgIpc) is 2.74. The van der Waals surface area contributed by atoms with Gasteiger partial charge in [-0.2, -0.15) is 0 Å². The number of anilines is 1. The van der Waals surface area contributed by atoms with Gasteiger partial charge in [-0.1, -0.05) is 36.4 Å². The van der Waals surface area contributed by atoms with Crippen LogP contribution in [0.5, 0.6) is 11.5 Å². The van der Waals surface area contributed by atoms with Crippen molar-refractivity contribution in [3.63, 3.8) is 0 Å².